The molecule has 2 nitrogen and oxygen atoms in total. The number of imidazole rings is 1. The van der Waals surface area contributed by atoms with Crippen LogP contribution in [0.5, 0.6) is 0 Å². The van der Waals surface area contributed by atoms with Gasteiger partial charge in [0.1, 0.15) is 5.82 Å². The predicted molar refractivity (Wildman–Crippen MR) is 218 cm³/mol. The molecule has 0 amide bonds. The molecule has 0 saturated heterocycles. The fourth-order valence-electron chi connectivity index (χ4n) is 8.05. The molecule has 0 spiro atoms. The second-order valence-corrected chi connectivity index (χ2v) is 13.7. The van der Waals surface area contributed by atoms with Crippen LogP contribution < -0.4 is 10.4 Å². The highest BCUT2D eigenvalue weighted by Gasteiger charge is 2.29. The summed E-state index contributed by atoms with van der Waals surface area (Å²) in [6.07, 6.45) is 9.83. The van der Waals surface area contributed by atoms with E-state index in [1.165, 1.54) is 65.7 Å². The lowest BCUT2D eigenvalue weighted by molar-refractivity contribution is 0.727. The normalized spacial score (nSPS) is 14.8. The van der Waals surface area contributed by atoms with Gasteiger partial charge in [0.05, 0.1) is 11.0 Å². The lowest BCUT2D eigenvalue weighted by Crippen LogP contribution is -2.32. The van der Waals surface area contributed by atoms with Crippen molar-refractivity contribution in [2.75, 3.05) is 0 Å². The van der Waals surface area contributed by atoms with Crippen LogP contribution in [0, 0.1) is 5.92 Å². The first-order chi connectivity index (χ1) is 25.1. The van der Waals surface area contributed by atoms with E-state index in [4.69, 9.17) is 11.6 Å². The summed E-state index contributed by atoms with van der Waals surface area (Å²) in [5, 5.41) is 7.14. The number of nitrogens with zero attached hydrogens (tertiary/aromatic N) is 2. The Morgan fingerprint density at radius 3 is 1.98 bits per heavy atom. The third-order valence-corrected chi connectivity index (χ3v) is 10.5. The highest BCUT2D eigenvalue weighted by molar-refractivity contribution is 5.98. The molecule has 1 aliphatic rings. The lowest BCUT2D eigenvalue weighted by Gasteiger charge is -2.29. The molecule has 1 atom stereocenters. The standard InChI is InChI=1S/C49H38N2/c1-4-5-21-41-33(3)47(38-26-24-34-15-9-11-17-36(34)29-38)44-31-42(49-50-45-22-13-14-23-46(45)51(49)40-19-7-6-8-20-40)32(2)28-43(44)48(41)39-27-25-35-16-10-12-18-37(35)30-39/h4-27,29-32H,3,28H2,1-2H3/b5-4-,41-21+. The van der Waals surface area contributed by atoms with Gasteiger partial charge in [-0.25, -0.2) is 4.98 Å². The molecule has 0 N–H and O–H groups in total. The van der Waals surface area contributed by atoms with Crippen molar-refractivity contribution >= 4 is 56.9 Å². The largest absolute Gasteiger partial charge is 0.293 e. The van der Waals surface area contributed by atoms with Gasteiger partial charge < -0.3 is 0 Å². The highest BCUT2D eigenvalue weighted by Crippen LogP contribution is 2.42. The van der Waals surface area contributed by atoms with Crippen LogP contribution in [0.1, 0.15) is 30.8 Å². The van der Waals surface area contributed by atoms with E-state index in [1.54, 1.807) is 0 Å². The Hall–Kier alpha value is -6.25. The van der Waals surface area contributed by atoms with Gasteiger partial charge in [0.2, 0.25) is 0 Å². The van der Waals surface area contributed by atoms with Gasteiger partial charge in [-0.05, 0) is 133 Å². The first-order valence-electron chi connectivity index (χ1n) is 17.8. The van der Waals surface area contributed by atoms with E-state index in [1.807, 2.05) is 0 Å². The van der Waals surface area contributed by atoms with E-state index in [9.17, 15) is 0 Å². The average molecular weight is 655 g/mol. The maximum absolute atomic E-state index is 5.34. The number of rotatable bonds is 5. The zero-order valence-electron chi connectivity index (χ0n) is 29.0. The minimum Gasteiger partial charge on any atom is -0.293 e. The van der Waals surface area contributed by atoms with Crippen LogP contribution in [0.2, 0.25) is 0 Å². The Bertz CT molecular complexity index is 2820. The van der Waals surface area contributed by atoms with Gasteiger partial charge >= 0.3 is 0 Å². The van der Waals surface area contributed by atoms with Crippen molar-refractivity contribution in [3.8, 4) is 27.9 Å². The van der Waals surface area contributed by atoms with Gasteiger partial charge in [0, 0.05) is 5.69 Å². The topological polar surface area (TPSA) is 17.8 Å². The molecule has 2 heteroatoms. The first-order valence-corrected chi connectivity index (χ1v) is 17.8. The van der Waals surface area contributed by atoms with Crippen LogP contribution in [0.15, 0.2) is 152 Å². The number of benzene rings is 7. The van der Waals surface area contributed by atoms with Crippen molar-refractivity contribution in [3.05, 3.63) is 179 Å². The van der Waals surface area contributed by atoms with Gasteiger partial charge in [-0.3, -0.25) is 4.57 Å². The monoisotopic (exact) mass is 654 g/mol. The molecule has 9 rings (SSSR count). The number of hydrogen-bond donors (Lipinski definition) is 0. The molecule has 0 radical (unpaired) electrons. The fourth-order valence-corrected chi connectivity index (χ4v) is 8.05. The molecule has 8 aromatic rings. The molecule has 51 heavy (non-hydrogen) atoms. The van der Waals surface area contributed by atoms with Crippen LogP contribution in [0.4, 0.5) is 0 Å². The van der Waals surface area contributed by atoms with Crippen molar-refractivity contribution in [3.63, 3.8) is 0 Å². The summed E-state index contributed by atoms with van der Waals surface area (Å²) < 4.78 is 2.34. The summed E-state index contributed by atoms with van der Waals surface area (Å²) in [6, 6.07) is 50.1. The highest BCUT2D eigenvalue weighted by atomic mass is 15.1. The number of aromatic nitrogens is 2. The van der Waals surface area contributed by atoms with Gasteiger partial charge in [0.15, 0.2) is 0 Å². The van der Waals surface area contributed by atoms with E-state index < -0.39 is 0 Å². The van der Waals surface area contributed by atoms with Crippen molar-refractivity contribution in [2.45, 2.75) is 20.3 Å². The van der Waals surface area contributed by atoms with Crippen molar-refractivity contribution in [2.24, 2.45) is 5.92 Å². The third kappa shape index (κ3) is 5.23. The average Bonchev–Trinajstić information content (AvgIpc) is 3.56. The number of para-hydroxylation sites is 3. The quantitative estimate of drug-likeness (QED) is 0.181. The Kier molecular flexibility index (Phi) is 7.59. The van der Waals surface area contributed by atoms with E-state index in [-0.39, 0.29) is 5.92 Å². The number of allylic oxidation sites excluding steroid dienone is 3. The van der Waals surface area contributed by atoms with E-state index >= 15 is 0 Å². The number of hydrogen-bond acceptors (Lipinski definition) is 1. The van der Waals surface area contributed by atoms with Crippen LogP contribution in [-0.2, 0) is 6.42 Å². The van der Waals surface area contributed by atoms with Crippen LogP contribution in [-0.4, -0.2) is 9.55 Å². The van der Waals surface area contributed by atoms with Crippen LogP contribution >= 0.6 is 0 Å². The molecular formula is C49H38N2. The van der Waals surface area contributed by atoms with Crippen molar-refractivity contribution < 1.29 is 0 Å². The second kappa shape index (κ2) is 12.6. The van der Waals surface area contributed by atoms with Gasteiger partial charge in [-0.1, -0.05) is 135 Å². The smallest absolute Gasteiger partial charge is 0.141 e. The summed E-state index contributed by atoms with van der Waals surface area (Å²) in [5.74, 6) is 1.21. The predicted octanol–water partition coefficient (Wildman–Crippen LogP) is 11.2. The van der Waals surface area contributed by atoms with E-state index in [2.05, 4.69) is 182 Å². The number of fused-ring (bicyclic) bond motifs is 4. The zero-order chi connectivity index (χ0) is 34.5. The molecule has 1 heterocycles. The Morgan fingerprint density at radius 1 is 0.686 bits per heavy atom. The molecule has 244 valence electrons. The molecule has 7 aromatic carbocycles. The minimum atomic E-state index is 0.214. The Morgan fingerprint density at radius 2 is 1.29 bits per heavy atom. The van der Waals surface area contributed by atoms with Gasteiger partial charge in [-0.15, -0.1) is 0 Å². The second-order valence-electron chi connectivity index (χ2n) is 13.7. The SMILES string of the molecule is C=c1c(-c2ccc3ccccc3c2)c2c(c(-c3ccc4ccccc4c3)/c1=C/C=C\C)CC(C)C(c1nc3ccccc3n1-c1ccccc1)=C2. The molecule has 0 aliphatic heterocycles. The van der Waals surface area contributed by atoms with E-state index in [0.29, 0.717) is 0 Å². The Labute approximate surface area is 298 Å². The lowest BCUT2D eigenvalue weighted by atomic mass is 9.76. The summed E-state index contributed by atoms with van der Waals surface area (Å²) in [6.45, 7) is 9.32. The minimum absolute atomic E-state index is 0.214. The molecule has 0 saturated carbocycles. The van der Waals surface area contributed by atoms with Crippen LogP contribution in [0.25, 0.3) is 84.8 Å². The Balaban J connectivity index is 1.40. The van der Waals surface area contributed by atoms with Gasteiger partial charge in [0.25, 0.3) is 0 Å². The zero-order valence-corrected chi connectivity index (χ0v) is 29.0. The fraction of sp³-hybridized carbons (Fsp3) is 0.0816. The maximum atomic E-state index is 5.34. The molecule has 1 aliphatic carbocycles. The molecule has 0 fully saturated rings. The van der Waals surface area contributed by atoms with Crippen molar-refractivity contribution in [1.82, 2.24) is 9.55 Å². The summed E-state index contributed by atoms with van der Waals surface area (Å²) >= 11 is 0. The first kappa shape index (κ1) is 30.8. The van der Waals surface area contributed by atoms with Gasteiger partial charge in [-0.2, -0.15) is 0 Å². The summed E-state index contributed by atoms with van der Waals surface area (Å²) in [7, 11) is 0. The summed E-state index contributed by atoms with van der Waals surface area (Å²) in [4.78, 5) is 5.34. The molecule has 1 unspecified atom stereocenters. The maximum Gasteiger partial charge on any atom is 0.141 e. The molecule has 0 bridgehead atoms. The van der Waals surface area contributed by atoms with Crippen molar-refractivity contribution in [1.29, 1.82) is 0 Å². The summed E-state index contributed by atoms with van der Waals surface area (Å²) in [5.41, 5.74) is 11.9. The van der Waals surface area contributed by atoms with Crippen LogP contribution in [0.3, 0.4) is 0 Å². The van der Waals surface area contributed by atoms with E-state index in [0.717, 1.165) is 34.2 Å². The molecular weight excluding hydrogens is 617 g/mol. The third-order valence-electron chi connectivity index (χ3n) is 10.5. The molecule has 1 aromatic heterocycles.